The van der Waals surface area contributed by atoms with Crippen LogP contribution < -0.4 is 0 Å². The van der Waals surface area contributed by atoms with Crippen LogP contribution in [0.5, 0.6) is 0 Å². The molecule has 2 aliphatic heterocycles. The van der Waals surface area contributed by atoms with Crippen molar-refractivity contribution in [1.29, 1.82) is 0 Å². The van der Waals surface area contributed by atoms with Gasteiger partial charge in [-0.25, -0.2) is 8.42 Å². The minimum atomic E-state index is -3.71. The van der Waals surface area contributed by atoms with E-state index in [2.05, 4.69) is 5.16 Å². The van der Waals surface area contributed by atoms with Gasteiger partial charge < -0.3 is 14.0 Å². The maximum atomic E-state index is 13.1. The van der Waals surface area contributed by atoms with Crippen molar-refractivity contribution in [2.75, 3.05) is 26.3 Å². The predicted octanol–water partition coefficient (Wildman–Crippen LogP) is 2.58. The number of nitrogens with zero attached hydrogens (tertiary/aromatic N) is 2. The van der Waals surface area contributed by atoms with E-state index in [-0.39, 0.29) is 35.8 Å². The first-order valence-electron chi connectivity index (χ1n) is 10.0. The van der Waals surface area contributed by atoms with Gasteiger partial charge in [0.25, 0.3) is 0 Å². The van der Waals surface area contributed by atoms with Crippen molar-refractivity contribution in [3.8, 4) is 0 Å². The van der Waals surface area contributed by atoms with Gasteiger partial charge in [-0.3, -0.25) is 4.79 Å². The maximum Gasteiger partial charge on any atom is 0.312 e. The Bertz CT molecular complexity index is 770. The van der Waals surface area contributed by atoms with E-state index in [1.807, 2.05) is 0 Å². The van der Waals surface area contributed by atoms with Crippen LogP contribution in [0.4, 0.5) is 0 Å². The number of sulfonamides is 1. The minimum Gasteiger partial charge on any atom is -0.466 e. The van der Waals surface area contributed by atoms with Gasteiger partial charge in [-0.2, -0.15) is 4.31 Å². The van der Waals surface area contributed by atoms with Crippen LogP contribution in [0.3, 0.4) is 0 Å². The van der Waals surface area contributed by atoms with Crippen LogP contribution in [0.2, 0.25) is 0 Å². The van der Waals surface area contributed by atoms with E-state index in [1.165, 1.54) is 4.31 Å². The number of esters is 1. The lowest BCUT2D eigenvalue weighted by molar-refractivity contribution is -0.162. The zero-order chi connectivity index (χ0) is 20.4. The Morgan fingerprint density at radius 1 is 1.29 bits per heavy atom. The van der Waals surface area contributed by atoms with Crippen LogP contribution >= 0.6 is 0 Å². The molecule has 1 unspecified atom stereocenters. The van der Waals surface area contributed by atoms with Gasteiger partial charge in [-0.05, 0) is 59.3 Å². The van der Waals surface area contributed by atoms with Crippen LogP contribution in [0.15, 0.2) is 9.42 Å². The Kier molecular flexibility index (Phi) is 6.46. The molecule has 0 spiro atoms. The van der Waals surface area contributed by atoms with Crippen LogP contribution in [0.1, 0.15) is 56.9 Å². The molecule has 3 heterocycles. The monoisotopic (exact) mass is 414 g/mol. The molecule has 1 aromatic rings. The van der Waals surface area contributed by atoms with Crippen molar-refractivity contribution in [2.24, 2.45) is 5.41 Å². The van der Waals surface area contributed by atoms with Gasteiger partial charge in [0.1, 0.15) is 10.6 Å². The first kappa shape index (κ1) is 21.3. The highest BCUT2D eigenvalue weighted by Gasteiger charge is 2.47. The number of carbonyl (C=O) groups is 1. The summed E-state index contributed by atoms with van der Waals surface area (Å²) in [5.41, 5.74) is -0.335. The molecule has 0 N–H and O–H groups in total. The summed E-state index contributed by atoms with van der Waals surface area (Å²) in [5.74, 6) is 0.0499. The van der Waals surface area contributed by atoms with E-state index in [4.69, 9.17) is 14.0 Å². The number of hydrogen-bond donors (Lipinski definition) is 0. The van der Waals surface area contributed by atoms with Gasteiger partial charge in [-0.1, -0.05) is 5.16 Å². The number of carbonyl (C=O) groups excluding carboxylic acids is 1. The molecule has 2 aliphatic rings. The Morgan fingerprint density at radius 2 is 2.00 bits per heavy atom. The number of rotatable bonds is 6. The summed E-state index contributed by atoms with van der Waals surface area (Å²) < 4.78 is 43.8. The molecule has 9 heteroatoms. The second-order valence-corrected chi connectivity index (χ2v) is 9.63. The molecule has 0 radical (unpaired) electrons. The number of ether oxygens (including phenoxy) is 2. The zero-order valence-electron chi connectivity index (χ0n) is 16.9. The lowest BCUT2D eigenvalue weighted by Crippen LogP contribution is -2.49. The van der Waals surface area contributed by atoms with Crippen molar-refractivity contribution >= 4 is 16.0 Å². The molecular weight excluding hydrogens is 384 g/mol. The lowest BCUT2D eigenvalue weighted by atomic mass is 9.73. The summed E-state index contributed by atoms with van der Waals surface area (Å²) in [5, 5.41) is 3.76. The SMILES string of the molecule is CCOC(=O)C1(CC2CCCCO2)CCN(S(=O)(=O)c2c(C)noc2C)CC1. The fraction of sp³-hybridized carbons (Fsp3) is 0.789. The maximum absolute atomic E-state index is 13.1. The van der Waals surface area contributed by atoms with Gasteiger partial charge in [0.15, 0.2) is 5.76 Å². The second-order valence-electron chi connectivity index (χ2n) is 7.75. The quantitative estimate of drug-likeness (QED) is 0.660. The predicted molar refractivity (Wildman–Crippen MR) is 101 cm³/mol. The molecule has 1 atom stereocenters. The van der Waals surface area contributed by atoms with Crippen molar-refractivity contribution in [3.05, 3.63) is 11.5 Å². The van der Waals surface area contributed by atoms with Gasteiger partial charge in [0.05, 0.1) is 18.1 Å². The summed E-state index contributed by atoms with van der Waals surface area (Å²) in [6.45, 7) is 6.57. The molecule has 3 rings (SSSR count). The molecule has 1 aromatic heterocycles. The van der Waals surface area contributed by atoms with Crippen LogP contribution in [-0.2, 0) is 24.3 Å². The van der Waals surface area contributed by atoms with Crippen LogP contribution in [0.25, 0.3) is 0 Å². The van der Waals surface area contributed by atoms with Crippen LogP contribution in [0, 0.1) is 19.3 Å². The Balaban J connectivity index is 1.77. The average Bonchev–Trinajstić information content (AvgIpc) is 3.02. The molecular formula is C19H30N2O6S. The third-order valence-corrected chi connectivity index (χ3v) is 7.99. The minimum absolute atomic E-state index is 0.0314. The standard InChI is InChI=1S/C19H30N2O6S/c1-4-25-18(22)19(13-16-7-5-6-12-26-16)8-10-21(11-9-19)28(23,24)17-14(2)20-27-15(17)3/h16H,4-13H2,1-3H3. The van der Waals surface area contributed by atoms with Crippen molar-refractivity contribution in [2.45, 2.75) is 70.3 Å². The molecule has 2 fully saturated rings. The molecule has 28 heavy (non-hydrogen) atoms. The number of aryl methyl sites for hydroxylation is 2. The van der Waals surface area contributed by atoms with Gasteiger partial charge >= 0.3 is 5.97 Å². The lowest BCUT2D eigenvalue weighted by Gasteiger charge is -2.41. The van der Waals surface area contributed by atoms with Crippen LogP contribution in [-0.4, -0.2) is 56.3 Å². The third kappa shape index (κ3) is 4.11. The fourth-order valence-electron chi connectivity index (χ4n) is 4.31. The number of piperidine rings is 1. The molecule has 0 amide bonds. The van der Waals surface area contributed by atoms with Gasteiger partial charge in [0, 0.05) is 19.7 Å². The average molecular weight is 415 g/mol. The highest BCUT2D eigenvalue weighted by Crippen LogP contribution is 2.41. The summed E-state index contributed by atoms with van der Waals surface area (Å²) in [6, 6.07) is 0. The topological polar surface area (TPSA) is 98.9 Å². The van der Waals surface area contributed by atoms with E-state index in [1.54, 1.807) is 20.8 Å². The van der Waals surface area contributed by atoms with Gasteiger partial charge in [-0.15, -0.1) is 0 Å². The van der Waals surface area contributed by atoms with Crippen molar-refractivity contribution in [3.63, 3.8) is 0 Å². The van der Waals surface area contributed by atoms with E-state index >= 15 is 0 Å². The molecule has 0 aliphatic carbocycles. The van der Waals surface area contributed by atoms with Crippen molar-refractivity contribution in [1.82, 2.24) is 9.46 Å². The summed E-state index contributed by atoms with van der Waals surface area (Å²) in [6.07, 6.45) is 4.54. The zero-order valence-corrected chi connectivity index (χ0v) is 17.7. The van der Waals surface area contributed by atoms with Crippen molar-refractivity contribution < 1.29 is 27.2 Å². The molecule has 158 valence electrons. The highest BCUT2D eigenvalue weighted by atomic mass is 32.2. The fourth-order valence-corrected chi connectivity index (χ4v) is 6.04. The Morgan fingerprint density at radius 3 is 2.54 bits per heavy atom. The molecule has 0 aromatic carbocycles. The normalized spacial score (nSPS) is 23.5. The highest BCUT2D eigenvalue weighted by molar-refractivity contribution is 7.89. The molecule has 8 nitrogen and oxygen atoms in total. The first-order valence-corrected chi connectivity index (χ1v) is 11.5. The summed E-state index contributed by atoms with van der Waals surface area (Å²) in [7, 11) is -3.71. The largest absolute Gasteiger partial charge is 0.466 e. The molecule has 2 saturated heterocycles. The smallest absolute Gasteiger partial charge is 0.312 e. The number of aromatic nitrogens is 1. The molecule has 0 bridgehead atoms. The Labute approximate surface area is 166 Å². The van der Waals surface area contributed by atoms with E-state index in [0.29, 0.717) is 31.6 Å². The summed E-state index contributed by atoms with van der Waals surface area (Å²) >= 11 is 0. The van der Waals surface area contributed by atoms with E-state index in [0.717, 1.165) is 25.9 Å². The first-order chi connectivity index (χ1) is 13.3. The van der Waals surface area contributed by atoms with E-state index in [9.17, 15) is 13.2 Å². The molecule has 0 saturated carbocycles. The second kappa shape index (κ2) is 8.51. The summed E-state index contributed by atoms with van der Waals surface area (Å²) in [4.78, 5) is 12.9. The Hall–Kier alpha value is -1.45. The third-order valence-electron chi connectivity index (χ3n) is 5.85. The van der Waals surface area contributed by atoms with E-state index < -0.39 is 15.4 Å². The van der Waals surface area contributed by atoms with Gasteiger partial charge in [0.2, 0.25) is 10.0 Å². The number of hydrogen-bond acceptors (Lipinski definition) is 7.